The van der Waals surface area contributed by atoms with Crippen LogP contribution in [0.1, 0.15) is 17.0 Å². The molecule has 1 unspecified atom stereocenters. The predicted molar refractivity (Wildman–Crippen MR) is 107 cm³/mol. The molecule has 158 valence electrons. The maximum absolute atomic E-state index is 13.5. The Bertz CT molecular complexity index is 964. The van der Waals surface area contributed by atoms with E-state index in [9.17, 15) is 14.7 Å². The number of hydrogen-bond acceptors (Lipinski definition) is 7. The van der Waals surface area contributed by atoms with Gasteiger partial charge in [0, 0.05) is 12.1 Å². The SMILES string of the molecule is COc1cc(OC)cc(C2=C(C(=O)O)OCC(c3cc(OC)cc(OC)c3)C2=O)c1. The molecule has 0 fully saturated rings. The van der Waals surface area contributed by atoms with Crippen molar-refractivity contribution in [2.45, 2.75) is 5.92 Å². The van der Waals surface area contributed by atoms with Crippen LogP contribution >= 0.6 is 0 Å². The normalized spacial score (nSPS) is 16.0. The molecule has 0 aromatic heterocycles. The zero-order valence-corrected chi connectivity index (χ0v) is 17.1. The van der Waals surface area contributed by atoms with Gasteiger partial charge in [-0.15, -0.1) is 0 Å². The molecule has 8 heteroatoms. The Hall–Kier alpha value is -3.68. The summed E-state index contributed by atoms with van der Waals surface area (Å²) in [6.07, 6.45) is 0. The highest BCUT2D eigenvalue weighted by Crippen LogP contribution is 2.38. The van der Waals surface area contributed by atoms with Gasteiger partial charge in [0.05, 0.1) is 39.9 Å². The van der Waals surface area contributed by atoms with Gasteiger partial charge < -0.3 is 28.8 Å². The van der Waals surface area contributed by atoms with Crippen LogP contribution in [0.2, 0.25) is 0 Å². The molecule has 1 atom stereocenters. The molecule has 0 spiro atoms. The fourth-order valence-corrected chi connectivity index (χ4v) is 3.27. The van der Waals surface area contributed by atoms with Crippen molar-refractivity contribution in [3.8, 4) is 23.0 Å². The van der Waals surface area contributed by atoms with E-state index in [4.69, 9.17) is 23.7 Å². The van der Waals surface area contributed by atoms with Gasteiger partial charge in [-0.25, -0.2) is 4.79 Å². The van der Waals surface area contributed by atoms with Crippen molar-refractivity contribution >= 4 is 17.3 Å². The molecule has 0 saturated carbocycles. The summed E-state index contributed by atoms with van der Waals surface area (Å²) in [4.78, 5) is 25.3. The van der Waals surface area contributed by atoms with E-state index in [2.05, 4.69) is 0 Å². The fraction of sp³-hybridized carbons (Fsp3) is 0.273. The minimum absolute atomic E-state index is 0.0577. The number of aliphatic carboxylic acids is 1. The molecule has 2 aromatic rings. The highest BCUT2D eigenvalue weighted by Gasteiger charge is 2.36. The summed E-state index contributed by atoms with van der Waals surface area (Å²) in [5.74, 6) is -1.04. The van der Waals surface area contributed by atoms with E-state index in [0.717, 1.165) is 0 Å². The monoisotopic (exact) mass is 414 g/mol. The van der Waals surface area contributed by atoms with Gasteiger partial charge in [-0.1, -0.05) is 0 Å². The number of carbonyl (C=O) groups excluding carboxylic acids is 1. The molecule has 8 nitrogen and oxygen atoms in total. The zero-order chi connectivity index (χ0) is 21.8. The minimum atomic E-state index is -1.33. The number of methoxy groups -OCH3 is 4. The number of ketones is 1. The van der Waals surface area contributed by atoms with Gasteiger partial charge in [0.25, 0.3) is 0 Å². The lowest BCUT2D eigenvalue weighted by Crippen LogP contribution is -2.28. The van der Waals surface area contributed by atoms with Crippen molar-refractivity contribution in [2.75, 3.05) is 35.0 Å². The molecule has 0 saturated heterocycles. The van der Waals surface area contributed by atoms with E-state index in [1.54, 1.807) is 36.4 Å². The maximum Gasteiger partial charge on any atom is 0.371 e. The Labute approximate surface area is 173 Å². The largest absolute Gasteiger partial charge is 0.497 e. The van der Waals surface area contributed by atoms with E-state index >= 15 is 0 Å². The number of hydrogen-bond donors (Lipinski definition) is 1. The van der Waals surface area contributed by atoms with Gasteiger partial charge in [0.15, 0.2) is 5.78 Å². The molecule has 1 aliphatic heterocycles. The van der Waals surface area contributed by atoms with Gasteiger partial charge >= 0.3 is 5.97 Å². The molecule has 0 radical (unpaired) electrons. The molecule has 0 bridgehead atoms. The fourth-order valence-electron chi connectivity index (χ4n) is 3.27. The second kappa shape index (κ2) is 8.77. The maximum atomic E-state index is 13.5. The van der Waals surface area contributed by atoms with Gasteiger partial charge in [-0.3, -0.25) is 4.79 Å². The Balaban J connectivity index is 2.14. The summed E-state index contributed by atoms with van der Waals surface area (Å²) in [7, 11) is 5.95. The first-order chi connectivity index (χ1) is 14.4. The summed E-state index contributed by atoms with van der Waals surface area (Å²) >= 11 is 0. The van der Waals surface area contributed by atoms with Crippen LogP contribution in [0.15, 0.2) is 42.2 Å². The lowest BCUT2D eigenvalue weighted by Gasteiger charge is -2.26. The van der Waals surface area contributed by atoms with Crippen LogP contribution in [0.3, 0.4) is 0 Å². The molecule has 0 amide bonds. The topological polar surface area (TPSA) is 101 Å². The van der Waals surface area contributed by atoms with Crippen LogP contribution in [0.4, 0.5) is 0 Å². The van der Waals surface area contributed by atoms with Gasteiger partial charge in [0.2, 0.25) is 5.76 Å². The number of carboxylic acids is 1. The second-order valence-corrected chi connectivity index (χ2v) is 6.48. The zero-order valence-electron chi connectivity index (χ0n) is 17.1. The van der Waals surface area contributed by atoms with Crippen LogP contribution < -0.4 is 18.9 Å². The number of Topliss-reactive ketones (excluding diaryl/α,β-unsaturated/α-hetero) is 1. The number of allylic oxidation sites excluding steroid dienone is 1. The quantitative estimate of drug-likeness (QED) is 0.738. The molecular formula is C22H22O8. The molecule has 1 aliphatic rings. The molecule has 0 aliphatic carbocycles. The van der Waals surface area contributed by atoms with Crippen LogP contribution in [-0.2, 0) is 14.3 Å². The molecule has 3 rings (SSSR count). The molecule has 1 heterocycles. The van der Waals surface area contributed by atoms with Crippen LogP contribution in [0, 0.1) is 0 Å². The lowest BCUT2D eigenvalue weighted by molar-refractivity contribution is -0.138. The molecule has 30 heavy (non-hydrogen) atoms. The standard InChI is InChI=1S/C22H22O8/c1-26-14-5-12(6-15(9-14)27-2)18-11-30-21(22(24)25)19(20(18)23)13-7-16(28-3)10-17(8-13)29-4/h5-10,18H,11H2,1-4H3,(H,24,25). The van der Waals surface area contributed by atoms with Crippen LogP contribution in [0.25, 0.3) is 5.57 Å². The third-order valence-corrected chi connectivity index (χ3v) is 4.79. The summed E-state index contributed by atoms with van der Waals surface area (Å²) in [6, 6.07) is 9.84. The summed E-state index contributed by atoms with van der Waals surface area (Å²) < 4.78 is 26.6. The predicted octanol–water partition coefficient (Wildman–Crippen LogP) is 2.90. The summed E-state index contributed by atoms with van der Waals surface area (Å²) in [6.45, 7) is -0.124. The van der Waals surface area contributed by atoms with Crippen molar-refractivity contribution in [2.24, 2.45) is 0 Å². The highest BCUT2D eigenvalue weighted by atomic mass is 16.5. The van der Waals surface area contributed by atoms with Gasteiger partial charge in [0.1, 0.15) is 29.6 Å². The number of carboxylic acid groups (broad SMARTS) is 1. The Morgan fingerprint density at radius 3 is 1.77 bits per heavy atom. The van der Waals surface area contributed by atoms with Crippen molar-refractivity contribution < 1.29 is 38.4 Å². The number of carbonyl (C=O) groups is 2. The first kappa shape index (κ1) is 21.0. The van der Waals surface area contributed by atoms with E-state index in [-0.39, 0.29) is 12.2 Å². The third kappa shape index (κ3) is 4.03. The van der Waals surface area contributed by atoms with Crippen LogP contribution in [-0.4, -0.2) is 51.9 Å². The summed E-state index contributed by atoms with van der Waals surface area (Å²) in [5, 5.41) is 9.62. The van der Waals surface area contributed by atoms with E-state index in [1.807, 2.05) is 0 Å². The number of ether oxygens (including phenoxy) is 5. The van der Waals surface area contributed by atoms with Crippen LogP contribution in [0.5, 0.6) is 23.0 Å². The Morgan fingerprint density at radius 2 is 1.33 bits per heavy atom. The van der Waals surface area contributed by atoms with Crippen molar-refractivity contribution in [1.29, 1.82) is 0 Å². The molecule has 1 N–H and O–H groups in total. The van der Waals surface area contributed by atoms with Crippen molar-refractivity contribution in [3.05, 3.63) is 53.3 Å². The minimum Gasteiger partial charge on any atom is -0.497 e. The Kier molecular flexibility index (Phi) is 6.15. The average Bonchev–Trinajstić information content (AvgIpc) is 2.77. The second-order valence-electron chi connectivity index (χ2n) is 6.48. The van der Waals surface area contributed by atoms with Crippen molar-refractivity contribution in [1.82, 2.24) is 0 Å². The smallest absolute Gasteiger partial charge is 0.371 e. The highest BCUT2D eigenvalue weighted by molar-refractivity contribution is 6.28. The van der Waals surface area contributed by atoms with E-state index < -0.39 is 23.4 Å². The molecule has 2 aromatic carbocycles. The van der Waals surface area contributed by atoms with E-state index in [1.165, 1.54) is 28.4 Å². The van der Waals surface area contributed by atoms with E-state index in [0.29, 0.717) is 34.1 Å². The van der Waals surface area contributed by atoms with Gasteiger partial charge in [-0.2, -0.15) is 0 Å². The van der Waals surface area contributed by atoms with Gasteiger partial charge in [-0.05, 0) is 35.4 Å². The third-order valence-electron chi connectivity index (χ3n) is 4.79. The number of benzene rings is 2. The Morgan fingerprint density at radius 1 is 0.867 bits per heavy atom. The molecular weight excluding hydrogens is 392 g/mol. The first-order valence-corrected chi connectivity index (χ1v) is 9.02. The first-order valence-electron chi connectivity index (χ1n) is 9.02. The average molecular weight is 414 g/mol. The number of rotatable bonds is 7. The van der Waals surface area contributed by atoms with Crippen molar-refractivity contribution in [3.63, 3.8) is 0 Å². The summed E-state index contributed by atoms with van der Waals surface area (Å²) in [5.41, 5.74) is 0.860. The lowest BCUT2D eigenvalue weighted by atomic mass is 9.85.